The van der Waals surface area contributed by atoms with E-state index in [-0.39, 0.29) is 0 Å². The first-order valence-electron chi connectivity index (χ1n) is 8.12. The lowest BCUT2D eigenvalue weighted by Crippen LogP contribution is -2.11. The highest BCUT2D eigenvalue weighted by atomic mass is 19.4. The number of nitrogen functional groups attached to an aromatic ring is 2. The second kappa shape index (κ2) is 7.85. The van der Waals surface area contributed by atoms with E-state index in [0.29, 0.717) is 30.3 Å². The molecular weight excluding hydrogens is 440 g/mol. The topological polar surface area (TPSA) is 70.5 Å². The highest BCUT2D eigenvalue weighted by Gasteiger charge is 2.39. The summed E-state index contributed by atoms with van der Waals surface area (Å²) < 4.78 is 118. The van der Waals surface area contributed by atoms with Crippen LogP contribution in [0.5, 0.6) is 23.0 Å². The van der Waals surface area contributed by atoms with Crippen molar-refractivity contribution in [3.8, 4) is 23.0 Å². The molecule has 3 aromatic rings. The first-order valence-corrected chi connectivity index (χ1v) is 8.12. The van der Waals surface area contributed by atoms with Gasteiger partial charge < -0.3 is 20.9 Å². The van der Waals surface area contributed by atoms with Crippen LogP contribution in [-0.4, -0.2) is 0 Å². The number of rotatable bonds is 4. The van der Waals surface area contributed by atoms with Gasteiger partial charge in [0.2, 0.25) is 0 Å². The fourth-order valence-corrected chi connectivity index (χ4v) is 2.52. The van der Waals surface area contributed by atoms with E-state index < -0.39 is 75.2 Å². The summed E-state index contributed by atoms with van der Waals surface area (Å²) in [5, 5.41) is 0. The first-order chi connectivity index (χ1) is 14.4. The minimum absolute atomic E-state index is 0.312. The molecule has 0 radical (unpaired) electrons. The summed E-state index contributed by atoms with van der Waals surface area (Å²) in [6.45, 7) is 0. The maximum absolute atomic E-state index is 14.3. The van der Waals surface area contributed by atoms with Gasteiger partial charge in [-0.15, -0.1) is 0 Å². The second-order valence-corrected chi connectivity index (χ2v) is 6.10. The third-order valence-electron chi connectivity index (χ3n) is 3.83. The maximum atomic E-state index is 14.3. The molecule has 0 spiro atoms. The van der Waals surface area contributed by atoms with Crippen LogP contribution in [0.1, 0.15) is 5.56 Å². The van der Waals surface area contributed by atoms with Crippen molar-refractivity contribution >= 4 is 11.4 Å². The molecule has 4 nitrogen and oxygen atoms in total. The third-order valence-corrected chi connectivity index (χ3v) is 3.83. The van der Waals surface area contributed by atoms with Crippen LogP contribution in [0.15, 0.2) is 36.4 Å². The van der Waals surface area contributed by atoms with E-state index in [2.05, 4.69) is 0 Å². The quantitative estimate of drug-likeness (QED) is 0.370. The van der Waals surface area contributed by atoms with Crippen molar-refractivity contribution in [1.82, 2.24) is 0 Å². The van der Waals surface area contributed by atoms with Crippen LogP contribution in [0, 0.1) is 29.1 Å². The van der Waals surface area contributed by atoms with E-state index in [4.69, 9.17) is 20.9 Å². The average Bonchev–Trinajstić information content (AvgIpc) is 2.62. The van der Waals surface area contributed by atoms with E-state index in [9.17, 15) is 35.1 Å². The van der Waals surface area contributed by atoms with E-state index in [1.54, 1.807) is 0 Å². The zero-order chi connectivity index (χ0) is 23.1. The first kappa shape index (κ1) is 22.0. The number of hydrogen-bond donors (Lipinski definition) is 2. The van der Waals surface area contributed by atoms with Gasteiger partial charge in [-0.2, -0.15) is 13.2 Å². The van der Waals surface area contributed by atoms with Gasteiger partial charge in [0, 0.05) is 36.4 Å². The van der Waals surface area contributed by atoms with Crippen LogP contribution in [0.4, 0.5) is 46.5 Å². The molecule has 3 rings (SSSR count). The van der Waals surface area contributed by atoms with Crippen LogP contribution < -0.4 is 20.9 Å². The van der Waals surface area contributed by atoms with E-state index >= 15 is 0 Å². The molecule has 0 saturated heterocycles. The lowest BCUT2D eigenvalue weighted by molar-refractivity contribution is -0.141. The van der Waals surface area contributed by atoms with Crippen molar-refractivity contribution in [2.24, 2.45) is 0 Å². The summed E-state index contributed by atoms with van der Waals surface area (Å²) in [6, 6.07) is 3.28. The molecule has 0 aliphatic heterocycles. The summed E-state index contributed by atoms with van der Waals surface area (Å²) >= 11 is 0. The molecule has 0 bridgehead atoms. The normalized spacial score (nSPS) is 11.5. The molecule has 3 aromatic carbocycles. The molecule has 0 fully saturated rings. The number of halogens is 8. The lowest BCUT2D eigenvalue weighted by atomic mass is 10.1. The van der Waals surface area contributed by atoms with Crippen LogP contribution in [0.25, 0.3) is 0 Å². The molecule has 12 heteroatoms. The molecule has 31 heavy (non-hydrogen) atoms. The monoisotopic (exact) mass is 450 g/mol. The van der Waals surface area contributed by atoms with Gasteiger partial charge in [-0.1, -0.05) is 0 Å². The smallest absolute Gasteiger partial charge is 0.422 e. The number of alkyl halides is 3. The molecule has 0 unspecified atom stereocenters. The van der Waals surface area contributed by atoms with Crippen molar-refractivity contribution in [2.75, 3.05) is 11.5 Å². The van der Waals surface area contributed by atoms with Crippen LogP contribution >= 0.6 is 0 Å². The molecule has 0 aliphatic rings. The summed E-state index contributed by atoms with van der Waals surface area (Å²) in [6.07, 6.45) is -5.26. The Kier molecular flexibility index (Phi) is 5.57. The van der Waals surface area contributed by atoms with Gasteiger partial charge in [-0.3, -0.25) is 0 Å². The average molecular weight is 450 g/mol. The Hall–Kier alpha value is -3.70. The predicted octanol–water partition coefficient (Wildman–Crippen LogP) is 6.15. The van der Waals surface area contributed by atoms with Crippen LogP contribution in [-0.2, 0) is 6.18 Å². The Bertz CT molecular complexity index is 1120. The van der Waals surface area contributed by atoms with E-state index in [0.717, 1.165) is 6.07 Å². The predicted molar refractivity (Wildman–Crippen MR) is 93.1 cm³/mol. The number of hydrogen-bond acceptors (Lipinski definition) is 4. The van der Waals surface area contributed by atoms with Gasteiger partial charge in [0.15, 0.2) is 23.3 Å². The Morgan fingerprint density at radius 3 is 1.45 bits per heavy atom. The molecule has 0 amide bonds. The van der Waals surface area contributed by atoms with E-state index in [1.807, 2.05) is 0 Å². The number of ether oxygens (including phenoxy) is 2. The Labute approximate surface area is 168 Å². The fraction of sp³-hybridized carbons (Fsp3) is 0.0526. The van der Waals surface area contributed by atoms with Gasteiger partial charge in [0.1, 0.15) is 34.4 Å². The van der Waals surface area contributed by atoms with Crippen molar-refractivity contribution in [3.63, 3.8) is 0 Å². The molecule has 4 N–H and O–H groups in total. The van der Waals surface area contributed by atoms with Crippen molar-refractivity contribution in [3.05, 3.63) is 71.0 Å². The number of nitrogens with two attached hydrogens (primary N) is 2. The Balaban J connectivity index is 2.07. The molecule has 0 aromatic heterocycles. The number of benzene rings is 3. The molecular formula is C19H10F8N2O2. The minimum atomic E-state index is -5.26. The lowest BCUT2D eigenvalue weighted by Gasteiger charge is -2.17. The number of anilines is 2. The zero-order valence-corrected chi connectivity index (χ0v) is 15.0. The van der Waals surface area contributed by atoms with Crippen LogP contribution in [0.2, 0.25) is 0 Å². The Morgan fingerprint density at radius 2 is 1.00 bits per heavy atom. The molecule has 0 aliphatic carbocycles. The molecule has 0 saturated carbocycles. The fourth-order valence-electron chi connectivity index (χ4n) is 2.52. The zero-order valence-electron chi connectivity index (χ0n) is 15.0. The molecule has 0 atom stereocenters. The summed E-state index contributed by atoms with van der Waals surface area (Å²) in [5.41, 5.74) is 7.12. The third kappa shape index (κ3) is 4.57. The van der Waals surface area contributed by atoms with Gasteiger partial charge in [-0.25, -0.2) is 22.0 Å². The molecule has 0 heterocycles. The van der Waals surface area contributed by atoms with Gasteiger partial charge >= 0.3 is 6.18 Å². The largest absolute Gasteiger partial charge is 0.457 e. The highest BCUT2D eigenvalue weighted by Crippen LogP contribution is 2.43. The minimum Gasteiger partial charge on any atom is -0.457 e. The van der Waals surface area contributed by atoms with E-state index in [1.165, 1.54) is 0 Å². The summed E-state index contributed by atoms with van der Waals surface area (Å²) in [7, 11) is 0. The highest BCUT2D eigenvalue weighted by molar-refractivity contribution is 5.52. The standard InChI is InChI=1S/C19H10F8N2O2/c20-10-1-9(30-7-2-11(21)17(23)13(28)4-7)6-15(16(10)19(25,26)27)31-8-3-12(22)18(24)14(29)5-8/h1-6H,28-29H2. The summed E-state index contributed by atoms with van der Waals surface area (Å²) in [5.74, 6) is -10.6. The van der Waals surface area contributed by atoms with Crippen molar-refractivity contribution in [2.45, 2.75) is 6.18 Å². The van der Waals surface area contributed by atoms with Crippen LogP contribution in [0.3, 0.4) is 0 Å². The maximum Gasteiger partial charge on any atom is 0.422 e. The van der Waals surface area contributed by atoms with Crippen molar-refractivity contribution in [1.29, 1.82) is 0 Å². The molecule has 164 valence electrons. The van der Waals surface area contributed by atoms with Crippen molar-refractivity contribution < 1.29 is 44.6 Å². The van der Waals surface area contributed by atoms with Gasteiger partial charge in [0.25, 0.3) is 0 Å². The SMILES string of the molecule is Nc1cc(Oc2cc(F)c(C(F)(F)F)c(Oc3cc(N)c(F)c(F)c3)c2)cc(F)c1F. The summed E-state index contributed by atoms with van der Waals surface area (Å²) in [4.78, 5) is 0. The van der Waals surface area contributed by atoms with Gasteiger partial charge in [-0.05, 0) is 0 Å². The Morgan fingerprint density at radius 1 is 0.581 bits per heavy atom. The van der Waals surface area contributed by atoms with Gasteiger partial charge in [0.05, 0.1) is 11.4 Å². The second-order valence-electron chi connectivity index (χ2n) is 6.10.